The van der Waals surface area contributed by atoms with Crippen molar-refractivity contribution in [2.45, 2.75) is 195 Å². The van der Waals surface area contributed by atoms with E-state index in [4.69, 9.17) is 80.3 Å². The number of nitrogens with two attached hydrogens (primary N) is 9. The Labute approximate surface area is 662 Å². The first-order valence-corrected chi connectivity index (χ1v) is 38.3. The van der Waals surface area contributed by atoms with E-state index in [-0.39, 0.29) is 66.0 Å². The van der Waals surface area contributed by atoms with Gasteiger partial charge in [-0.05, 0) is 59.3 Å². The van der Waals surface area contributed by atoms with Gasteiger partial charge in [-0.15, -0.1) is 23.1 Å². The number of nitrogens with one attached hydrogen (secondary N) is 9. The minimum atomic E-state index is -2.21. The number of aromatic amines is 1. The fourth-order valence-corrected chi connectivity index (χ4v) is 13.5. The number of thiazole rings is 1. The highest BCUT2D eigenvalue weighted by Gasteiger charge is 2.54. The molecule has 0 aromatic carbocycles. The number of amides is 8. The maximum absolute atomic E-state index is 15.3. The Morgan fingerprint density at radius 2 is 1.32 bits per heavy atom. The highest BCUT2D eigenvalue weighted by atomic mass is 32.2. The average molecular weight is 1650 g/mol. The van der Waals surface area contributed by atoms with Gasteiger partial charge in [0.2, 0.25) is 29.5 Å². The zero-order valence-corrected chi connectivity index (χ0v) is 64.8. The topological polar surface area (TPSA) is 792 Å². The molecule has 35 N–H and O–H groups in total. The van der Waals surface area contributed by atoms with Gasteiger partial charge in [-0.3, -0.25) is 53.5 Å². The number of aliphatic imine (C=N–C) groups is 4. The van der Waals surface area contributed by atoms with E-state index in [9.17, 15) is 74.4 Å². The fraction of sp³-hybridized carbons (Fsp3) is 0.662. The van der Waals surface area contributed by atoms with E-state index in [1.807, 2.05) is 0 Å². The number of nitrogens with zero attached hydrogens (tertiary/aromatic N) is 8. The third-order valence-corrected chi connectivity index (χ3v) is 20.1. The van der Waals surface area contributed by atoms with Crippen LogP contribution in [0.5, 0.6) is 0 Å². The number of hydrogen-bond acceptors (Lipinski definition) is 34. The van der Waals surface area contributed by atoms with E-state index < -0.39 is 183 Å². The summed E-state index contributed by atoms with van der Waals surface area (Å²) in [6, 6.07) is -8.29. The number of imidazole rings is 1. The lowest BCUT2D eigenvalue weighted by Gasteiger charge is -2.47. The Balaban J connectivity index is 1.09. The van der Waals surface area contributed by atoms with Gasteiger partial charge in [0, 0.05) is 81.9 Å². The summed E-state index contributed by atoms with van der Waals surface area (Å²) in [6.07, 6.45) is -20.7. The van der Waals surface area contributed by atoms with E-state index in [1.54, 1.807) is 5.38 Å². The van der Waals surface area contributed by atoms with E-state index in [1.165, 1.54) is 50.8 Å². The second kappa shape index (κ2) is 46.2. The lowest BCUT2D eigenvalue weighted by atomic mass is 9.96. The van der Waals surface area contributed by atoms with Crippen molar-refractivity contribution in [3.05, 3.63) is 51.4 Å². The Morgan fingerprint density at radius 1 is 0.702 bits per heavy atom. The molecule has 20 atom stereocenters. The van der Waals surface area contributed by atoms with Crippen molar-refractivity contribution in [3.8, 4) is 0 Å². The monoisotopic (exact) mass is 1650 g/mol. The maximum Gasteiger partial charge on any atom is 0.404 e. The summed E-state index contributed by atoms with van der Waals surface area (Å²) in [5.74, 6) is -7.55. The summed E-state index contributed by atoms with van der Waals surface area (Å²) in [6.45, 7) is 5.83. The maximum atomic E-state index is 15.3. The van der Waals surface area contributed by atoms with Crippen molar-refractivity contribution in [2.75, 3.05) is 77.1 Å². The highest BCUT2D eigenvalue weighted by Crippen LogP contribution is 2.36. The number of anilines is 1. The average Bonchev–Trinajstić information content (AvgIpc) is 0.856. The van der Waals surface area contributed by atoms with Crippen LogP contribution < -0.4 is 94.1 Å². The highest BCUT2D eigenvalue weighted by molar-refractivity contribution is 8.14. The second-order valence-corrected chi connectivity index (χ2v) is 28.8. The molecule has 0 saturated carbocycles. The zero-order chi connectivity index (χ0) is 84.0. The van der Waals surface area contributed by atoms with Gasteiger partial charge in [0.25, 0.3) is 11.8 Å². The third-order valence-electron chi connectivity index (χ3n) is 18.0. The normalized spacial score (nSPS) is 23.5. The van der Waals surface area contributed by atoms with Crippen LogP contribution in [0.4, 0.5) is 10.6 Å². The summed E-state index contributed by atoms with van der Waals surface area (Å²) in [5.41, 5.74) is 50.2. The standard InChI is InChI=1S/C65H108N26O21S2/c1-27-40(88-53(91-51(27)68)32(19-38(67)95)83-20-31(66)52(69)101)57(105)90-42(48(33-21-75-26-84-33)110-61-50(46(99)44(97)36(22-92)109-61)111-60-47(100)49(112-65(74)107)45(98)37(23-93)108-60)58(106)85-29(3)43(96)28(2)54(102)89-41(30(4)94)56(104)77-18-11-39-86-35(25-113-39)59-87-34(24-114-59)55(103)76-12-5-7-14-79-63(72)81-16-9-10-17-82-64(73)80-15-8-6-13-78-62(70)71/h21,24,26,28-32,35-37,41-50,60-61,83,92-94,96-100H,5-20,22-23,25,66H2,1-4H3,(H2,67,95)(H2,69,101)(H2,74,107)(H,75,84)(H,76,103)(H,77,104)(H,85,106)(H,89,102)(H,90,105)(H2,68,88,91)(H4,70,71,78)(H3,72,79,81)(H3,73,80,82). The van der Waals surface area contributed by atoms with Crippen molar-refractivity contribution in [1.29, 1.82) is 0 Å². The van der Waals surface area contributed by atoms with Gasteiger partial charge in [-0.25, -0.2) is 24.7 Å². The number of aliphatic hydroxyl groups is 8. The first-order chi connectivity index (χ1) is 54.1. The van der Waals surface area contributed by atoms with Crippen molar-refractivity contribution in [1.82, 2.24) is 67.5 Å². The number of ether oxygens (including phenoxy) is 5. The smallest absolute Gasteiger partial charge is 0.404 e. The number of H-pyrrole nitrogens is 1. The summed E-state index contributed by atoms with van der Waals surface area (Å²) < 4.78 is 28.8. The lowest BCUT2D eigenvalue weighted by molar-refractivity contribution is -0.372. The zero-order valence-electron chi connectivity index (χ0n) is 63.2. The largest absolute Gasteiger partial charge is 0.441 e. The Bertz CT molecular complexity index is 3770. The molecule has 636 valence electrons. The molecule has 6 rings (SSSR count). The number of carbonyl (C=O) groups is 8. The predicted octanol–water partition coefficient (Wildman–Crippen LogP) is -9.64. The molecular weight excluding hydrogens is 1550 g/mol. The number of aromatic nitrogens is 5. The van der Waals surface area contributed by atoms with Crippen LogP contribution in [0, 0.1) is 12.8 Å². The van der Waals surface area contributed by atoms with E-state index >= 15 is 4.79 Å². The van der Waals surface area contributed by atoms with Gasteiger partial charge in [0.05, 0.1) is 72.7 Å². The van der Waals surface area contributed by atoms with Crippen LogP contribution in [-0.4, -0.2) is 305 Å². The first kappa shape index (κ1) is 93.4. The molecule has 3 aliphatic heterocycles. The molecule has 8 amide bonds. The molecule has 3 aromatic heterocycles. The number of hydrogen-bond donors (Lipinski definition) is 26. The van der Waals surface area contributed by atoms with Crippen molar-refractivity contribution >= 4 is 99.3 Å². The molecule has 114 heavy (non-hydrogen) atoms. The molecule has 0 spiro atoms. The SMILES string of the molecule is Cc1c(N)nc(C(CC(N)=O)NCC(N)C(N)=O)nc1C(=O)NC(C(=O)NC(C)C(O)C(C)C(=O)NC(C(=O)NCCC1=NC(c2nc(C(=O)NCCCCNC(N)=NCCCCNC(N)=NCCCCN=C(N)N)cs2)CS1)C(C)O)C(OC1OC(CO)C(O)C(O)C1OC1OC(CO)C(O)C(OC(N)=O)C1O)c1cnc[nH]1. The summed E-state index contributed by atoms with van der Waals surface area (Å²) >= 11 is 2.69. The van der Waals surface area contributed by atoms with Crippen LogP contribution in [0.2, 0.25) is 0 Å². The minimum absolute atomic E-state index is 0.00406. The van der Waals surface area contributed by atoms with Crippen LogP contribution >= 0.6 is 23.1 Å². The molecule has 20 unspecified atom stereocenters. The van der Waals surface area contributed by atoms with Gasteiger partial charge in [-0.1, -0.05) is 6.92 Å². The number of guanidine groups is 3. The minimum Gasteiger partial charge on any atom is -0.441 e. The predicted molar refractivity (Wildman–Crippen MR) is 410 cm³/mol. The Kier molecular flexibility index (Phi) is 37.8. The molecule has 6 heterocycles. The number of rotatable bonds is 46. The lowest BCUT2D eigenvalue weighted by Crippen LogP contribution is -2.65. The number of thioether (sulfide) groups is 1. The van der Waals surface area contributed by atoms with E-state index in [0.717, 1.165) is 38.2 Å². The molecule has 3 aromatic rings. The first-order valence-electron chi connectivity index (χ1n) is 36.5. The van der Waals surface area contributed by atoms with E-state index in [2.05, 4.69) is 82.4 Å². The van der Waals surface area contributed by atoms with Gasteiger partial charge in [-0.2, -0.15) is 0 Å². The number of aliphatic hydroxyl groups excluding tert-OH is 8. The number of unbranched alkanes of at least 4 members (excludes halogenated alkanes) is 3. The molecule has 0 aliphatic carbocycles. The molecule has 47 nitrogen and oxygen atoms in total. The van der Waals surface area contributed by atoms with Gasteiger partial charge >= 0.3 is 6.09 Å². The molecule has 2 fully saturated rings. The number of primary amides is 3. The molecule has 0 radical (unpaired) electrons. The molecule has 3 aliphatic rings. The third kappa shape index (κ3) is 28.2. The Morgan fingerprint density at radius 3 is 1.93 bits per heavy atom. The molecular formula is C65H108N26O21S2. The Hall–Kier alpha value is -9.45. The summed E-state index contributed by atoms with van der Waals surface area (Å²) in [4.78, 5) is 144. The van der Waals surface area contributed by atoms with Crippen LogP contribution in [0.25, 0.3) is 0 Å². The molecule has 49 heteroatoms. The van der Waals surface area contributed by atoms with Gasteiger partial charge in [0.15, 0.2) is 36.6 Å². The summed E-state index contributed by atoms with van der Waals surface area (Å²) in [5, 5.41) is 113. The number of carbonyl (C=O) groups excluding carboxylic acids is 8. The quantitative estimate of drug-likeness (QED) is 0.0142. The molecule has 0 bridgehead atoms. The van der Waals surface area contributed by atoms with Crippen molar-refractivity contribution in [3.63, 3.8) is 0 Å². The summed E-state index contributed by atoms with van der Waals surface area (Å²) in [7, 11) is 0. The van der Waals surface area contributed by atoms with Crippen molar-refractivity contribution < 1.29 is 103 Å². The number of nitrogen functional groups attached to an aromatic ring is 1. The van der Waals surface area contributed by atoms with E-state index in [0.29, 0.717) is 79.8 Å². The van der Waals surface area contributed by atoms with Gasteiger partial charge < -0.3 is 164 Å². The van der Waals surface area contributed by atoms with Crippen LogP contribution in [-0.2, 0) is 47.7 Å². The fourth-order valence-electron chi connectivity index (χ4n) is 11.5. The molecule has 2 saturated heterocycles. The van der Waals surface area contributed by atoms with Crippen molar-refractivity contribution in [2.24, 2.45) is 71.8 Å². The van der Waals surface area contributed by atoms with Gasteiger partial charge in [0.1, 0.15) is 95.0 Å². The van der Waals surface area contributed by atoms with Crippen LogP contribution in [0.3, 0.4) is 0 Å². The second-order valence-electron chi connectivity index (χ2n) is 26.8. The van der Waals surface area contributed by atoms with Crippen LogP contribution in [0.1, 0.15) is 133 Å². The van der Waals surface area contributed by atoms with Crippen LogP contribution in [0.15, 0.2) is 37.9 Å².